The minimum atomic E-state index is -0.134. The van der Waals surface area contributed by atoms with Gasteiger partial charge in [-0.3, -0.25) is 4.79 Å². The number of benzene rings is 1. The predicted molar refractivity (Wildman–Crippen MR) is 94.7 cm³/mol. The van der Waals surface area contributed by atoms with Crippen molar-refractivity contribution in [3.8, 4) is 15.6 Å². The van der Waals surface area contributed by atoms with E-state index in [9.17, 15) is 4.79 Å². The summed E-state index contributed by atoms with van der Waals surface area (Å²) in [5.74, 6) is 0.589. The number of ether oxygens (including phenoxy) is 1. The van der Waals surface area contributed by atoms with Crippen molar-refractivity contribution < 1.29 is 9.53 Å². The molecule has 3 aromatic rings. The van der Waals surface area contributed by atoms with Crippen LogP contribution in [0.4, 0.5) is 0 Å². The van der Waals surface area contributed by atoms with Gasteiger partial charge in [0, 0.05) is 5.02 Å². The summed E-state index contributed by atoms with van der Waals surface area (Å²) in [6, 6.07) is 11.1. The van der Waals surface area contributed by atoms with Crippen molar-refractivity contribution in [2.45, 2.75) is 0 Å². The molecule has 3 rings (SSSR count). The maximum atomic E-state index is 12.1. The van der Waals surface area contributed by atoms with Crippen molar-refractivity contribution in [1.29, 1.82) is 0 Å². The molecule has 0 spiro atoms. The van der Waals surface area contributed by atoms with E-state index in [4.69, 9.17) is 16.3 Å². The molecule has 4 nitrogen and oxygen atoms in total. The molecule has 7 heteroatoms. The zero-order valence-electron chi connectivity index (χ0n) is 12.0. The fraction of sp³-hybridized carbons (Fsp3) is 0.125. The maximum Gasteiger partial charge on any atom is 0.263 e. The quantitative estimate of drug-likeness (QED) is 0.662. The number of hydrogen-bond acceptors (Lipinski definition) is 5. The van der Waals surface area contributed by atoms with Crippen LogP contribution in [0, 0.1) is 0 Å². The number of thiophene rings is 1. The first kappa shape index (κ1) is 16.0. The van der Waals surface area contributed by atoms with Gasteiger partial charge >= 0.3 is 0 Å². The van der Waals surface area contributed by atoms with E-state index in [1.54, 1.807) is 41.8 Å². The lowest BCUT2D eigenvalue weighted by Crippen LogP contribution is -2.27. The van der Waals surface area contributed by atoms with Gasteiger partial charge in [-0.05, 0) is 35.7 Å². The lowest BCUT2D eigenvalue weighted by atomic mass is 10.3. The summed E-state index contributed by atoms with van der Waals surface area (Å²) in [4.78, 5) is 18.0. The zero-order chi connectivity index (χ0) is 16.1. The van der Waals surface area contributed by atoms with Gasteiger partial charge in [-0.1, -0.05) is 17.7 Å². The van der Waals surface area contributed by atoms with E-state index in [2.05, 4.69) is 10.3 Å². The van der Waals surface area contributed by atoms with Gasteiger partial charge in [-0.2, -0.15) is 0 Å². The number of amides is 1. The van der Waals surface area contributed by atoms with Crippen LogP contribution >= 0.6 is 34.3 Å². The van der Waals surface area contributed by atoms with Gasteiger partial charge in [-0.15, -0.1) is 22.7 Å². The smallest absolute Gasteiger partial charge is 0.263 e. The summed E-state index contributed by atoms with van der Waals surface area (Å²) >= 11 is 8.80. The Balaban J connectivity index is 1.47. The lowest BCUT2D eigenvalue weighted by Gasteiger charge is -2.06. The second kappa shape index (κ2) is 7.59. The van der Waals surface area contributed by atoms with Crippen molar-refractivity contribution in [2.75, 3.05) is 13.2 Å². The number of rotatable bonds is 6. The molecule has 1 amide bonds. The molecule has 0 saturated heterocycles. The van der Waals surface area contributed by atoms with Crippen LogP contribution in [-0.2, 0) is 0 Å². The number of nitrogens with one attached hydrogen (secondary N) is 1. The predicted octanol–water partition coefficient (Wildman–Crippen LogP) is 4.33. The third-order valence-electron chi connectivity index (χ3n) is 2.93. The minimum Gasteiger partial charge on any atom is -0.492 e. The van der Waals surface area contributed by atoms with E-state index in [0.717, 1.165) is 15.6 Å². The average Bonchev–Trinajstić information content (AvgIpc) is 3.23. The third-order valence-corrected chi connectivity index (χ3v) is 5.22. The number of hydrogen-bond donors (Lipinski definition) is 1. The van der Waals surface area contributed by atoms with E-state index < -0.39 is 0 Å². The van der Waals surface area contributed by atoms with E-state index in [1.165, 1.54) is 11.3 Å². The van der Waals surface area contributed by atoms with Crippen molar-refractivity contribution in [1.82, 2.24) is 10.3 Å². The Morgan fingerprint density at radius 2 is 2.09 bits per heavy atom. The van der Waals surface area contributed by atoms with Crippen LogP contribution in [0.15, 0.2) is 48.0 Å². The van der Waals surface area contributed by atoms with Crippen LogP contribution < -0.4 is 10.1 Å². The highest BCUT2D eigenvalue weighted by molar-refractivity contribution is 7.21. The number of nitrogens with zero attached hydrogens (tertiary/aromatic N) is 1. The summed E-state index contributed by atoms with van der Waals surface area (Å²) in [6.45, 7) is 0.817. The molecular weight excluding hydrogens is 352 g/mol. The molecule has 0 saturated carbocycles. The van der Waals surface area contributed by atoms with E-state index in [1.807, 2.05) is 17.5 Å². The normalized spacial score (nSPS) is 10.5. The number of aromatic nitrogens is 1. The maximum absolute atomic E-state index is 12.1. The van der Waals surface area contributed by atoms with Crippen LogP contribution in [0.3, 0.4) is 0 Å². The van der Waals surface area contributed by atoms with Gasteiger partial charge in [0.05, 0.1) is 17.6 Å². The molecule has 2 aromatic heterocycles. The van der Waals surface area contributed by atoms with Gasteiger partial charge in [0.2, 0.25) is 0 Å². The highest BCUT2D eigenvalue weighted by atomic mass is 35.5. The molecule has 1 aromatic carbocycles. The van der Waals surface area contributed by atoms with Crippen molar-refractivity contribution in [3.05, 3.63) is 57.9 Å². The first-order valence-electron chi connectivity index (χ1n) is 6.88. The highest BCUT2D eigenvalue weighted by Gasteiger charge is 2.11. The van der Waals surface area contributed by atoms with Crippen LogP contribution in [-0.4, -0.2) is 24.0 Å². The molecule has 0 aliphatic carbocycles. The standard InChI is InChI=1S/C16H13ClN2O2S2/c17-11-3-5-12(6-4-11)21-8-7-18-15(20)14-10-19-16(23-14)13-2-1-9-22-13/h1-6,9-10H,7-8H2,(H,18,20). The lowest BCUT2D eigenvalue weighted by molar-refractivity contribution is 0.0951. The van der Waals surface area contributed by atoms with Crippen LogP contribution in [0.1, 0.15) is 9.67 Å². The second-order valence-electron chi connectivity index (χ2n) is 4.57. The molecule has 118 valence electrons. The topological polar surface area (TPSA) is 51.2 Å². The summed E-state index contributed by atoms with van der Waals surface area (Å²) in [5, 5.41) is 6.34. The molecule has 0 aliphatic rings. The Morgan fingerprint density at radius 3 is 2.83 bits per heavy atom. The molecule has 0 fully saturated rings. The van der Waals surface area contributed by atoms with Gasteiger partial charge in [-0.25, -0.2) is 4.98 Å². The zero-order valence-corrected chi connectivity index (χ0v) is 14.4. The molecule has 0 radical (unpaired) electrons. The molecule has 23 heavy (non-hydrogen) atoms. The van der Waals surface area contributed by atoms with Gasteiger partial charge in [0.25, 0.3) is 5.91 Å². The van der Waals surface area contributed by atoms with Gasteiger partial charge in [0.15, 0.2) is 0 Å². The molecule has 0 unspecified atom stereocenters. The third kappa shape index (κ3) is 4.31. The number of carbonyl (C=O) groups is 1. The Hall–Kier alpha value is -1.89. The second-order valence-corrected chi connectivity index (χ2v) is 6.98. The monoisotopic (exact) mass is 364 g/mol. The fourth-order valence-electron chi connectivity index (χ4n) is 1.84. The highest BCUT2D eigenvalue weighted by Crippen LogP contribution is 2.28. The Kier molecular flexibility index (Phi) is 5.27. The molecular formula is C16H13ClN2O2S2. The molecule has 1 N–H and O–H groups in total. The molecule has 2 heterocycles. The molecule has 0 bridgehead atoms. The van der Waals surface area contributed by atoms with Crippen LogP contribution in [0.25, 0.3) is 9.88 Å². The first-order valence-corrected chi connectivity index (χ1v) is 8.96. The number of thiazole rings is 1. The van der Waals surface area contributed by atoms with E-state index in [0.29, 0.717) is 23.1 Å². The largest absolute Gasteiger partial charge is 0.492 e. The number of carbonyl (C=O) groups excluding carboxylic acids is 1. The van der Waals surface area contributed by atoms with Crippen molar-refractivity contribution in [2.24, 2.45) is 0 Å². The minimum absolute atomic E-state index is 0.134. The number of halogens is 1. The summed E-state index contributed by atoms with van der Waals surface area (Å²) in [7, 11) is 0. The summed E-state index contributed by atoms with van der Waals surface area (Å²) in [6.07, 6.45) is 1.61. The van der Waals surface area contributed by atoms with Gasteiger partial charge < -0.3 is 10.1 Å². The first-order chi connectivity index (χ1) is 11.2. The summed E-state index contributed by atoms with van der Waals surface area (Å²) < 4.78 is 5.53. The Morgan fingerprint density at radius 1 is 1.26 bits per heavy atom. The van der Waals surface area contributed by atoms with E-state index in [-0.39, 0.29) is 5.91 Å². The average molecular weight is 365 g/mol. The van der Waals surface area contributed by atoms with Crippen molar-refractivity contribution in [3.63, 3.8) is 0 Å². The van der Waals surface area contributed by atoms with Crippen molar-refractivity contribution >= 4 is 40.2 Å². The Labute approximate surface area is 146 Å². The molecule has 0 aliphatic heterocycles. The Bertz CT molecular complexity index is 770. The SMILES string of the molecule is O=C(NCCOc1ccc(Cl)cc1)c1cnc(-c2cccs2)s1. The van der Waals surface area contributed by atoms with Gasteiger partial charge in [0.1, 0.15) is 22.2 Å². The van der Waals surface area contributed by atoms with E-state index >= 15 is 0 Å². The fourth-order valence-corrected chi connectivity index (χ4v) is 3.61. The summed E-state index contributed by atoms with van der Waals surface area (Å²) in [5.41, 5.74) is 0. The van der Waals surface area contributed by atoms with Crippen LogP contribution in [0.5, 0.6) is 5.75 Å². The molecule has 0 atom stereocenters. The van der Waals surface area contributed by atoms with Crippen LogP contribution in [0.2, 0.25) is 5.02 Å².